The van der Waals surface area contributed by atoms with Crippen LogP contribution in [0.3, 0.4) is 0 Å². The first-order chi connectivity index (χ1) is 11.1. The number of carbonyl (C=O) groups is 1. The minimum atomic E-state index is -0.158. The van der Waals surface area contributed by atoms with Crippen molar-refractivity contribution in [2.24, 2.45) is 5.92 Å². The molecule has 2 N–H and O–H groups in total. The average Bonchev–Trinajstić information content (AvgIpc) is 3.05. The van der Waals surface area contributed by atoms with Crippen LogP contribution in [0, 0.1) is 5.92 Å². The molecule has 3 atom stereocenters. The van der Waals surface area contributed by atoms with Gasteiger partial charge < -0.3 is 15.2 Å². The average molecular weight is 314 g/mol. The van der Waals surface area contributed by atoms with Crippen LogP contribution >= 0.6 is 0 Å². The maximum Gasteiger partial charge on any atom is 0.252 e. The summed E-state index contributed by atoms with van der Waals surface area (Å²) in [7, 11) is 0. The Morgan fingerprint density at radius 2 is 2.35 bits per heavy atom. The first-order valence-electron chi connectivity index (χ1n) is 7.71. The van der Waals surface area contributed by atoms with Crippen LogP contribution < -0.4 is 5.32 Å². The second-order valence-corrected chi connectivity index (χ2v) is 6.25. The highest BCUT2D eigenvalue weighted by Crippen LogP contribution is 2.40. The molecule has 23 heavy (non-hydrogen) atoms. The van der Waals surface area contributed by atoms with E-state index in [9.17, 15) is 9.90 Å². The van der Waals surface area contributed by atoms with Gasteiger partial charge in [-0.05, 0) is 31.4 Å². The molecule has 0 bridgehead atoms. The van der Waals surface area contributed by atoms with E-state index in [1.54, 1.807) is 11.4 Å². The summed E-state index contributed by atoms with van der Waals surface area (Å²) in [5.41, 5.74) is 3.21. The summed E-state index contributed by atoms with van der Waals surface area (Å²) in [6, 6.07) is 2.00. The predicted octanol–water partition coefficient (Wildman–Crippen LogP) is 1.54. The Balaban J connectivity index is 1.89. The van der Waals surface area contributed by atoms with Crippen LogP contribution in [0.2, 0.25) is 0 Å². The molecule has 1 fully saturated rings. The second-order valence-electron chi connectivity index (χ2n) is 6.25. The molecule has 1 saturated heterocycles. The van der Waals surface area contributed by atoms with Crippen molar-refractivity contribution >= 4 is 23.3 Å². The van der Waals surface area contributed by atoms with Gasteiger partial charge in [0.25, 0.3) is 5.91 Å². The normalized spacial score (nSPS) is 27.0. The number of amides is 1. The standard InChI is InChI=1S/C16H18N4O3/c1-8-4-11(6-21)23-14(8)12-5-10-3-9(2)16(22)19-15-13(10)20(12)18-7-17-15/h3,5,7-8,11,14,21H,4,6H2,1-2H3,(H,17,18,19,22)/t8-,11-,14+/m0/s1. The van der Waals surface area contributed by atoms with E-state index in [2.05, 4.69) is 22.3 Å². The van der Waals surface area contributed by atoms with E-state index in [-0.39, 0.29) is 30.6 Å². The molecule has 0 aliphatic carbocycles. The number of anilines is 1. The zero-order valence-corrected chi connectivity index (χ0v) is 13.0. The molecule has 2 aromatic heterocycles. The Morgan fingerprint density at radius 3 is 3.09 bits per heavy atom. The highest BCUT2D eigenvalue weighted by atomic mass is 16.5. The number of aliphatic hydroxyl groups is 1. The van der Waals surface area contributed by atoms with E-state index >= 15 is 0 Å². The number of hydrogen-bond acceptors (Lipinski definition) is 5. The Bertz CT molecular complexity index is 826. The molecule has 7 nitrogen and oxygen atoms in total. The third-order valence-corrected chi connectivity index (χ3v) is 4.56. The van der Waals surface area contributed by atoms with Crippen molar-refractivity contribution in [3.8, 4) is 0 Å². The number of carbonyl (C=O) groups excluding carboxylic acids is 1. The van der Waals surface area contributed by atoms with Crippen LogP contribution in [0.5, 0.6) is 0 Å². The maximum absolute atomic E-state index is 12.0. The lowest BCUT2D eigenvalue weighted by Crippen LogP contribution is -2.15. The van der Waals surface area contributed by atoms with E-state index < -0.39 is 0 Å². The molecule has 120 valence electrons. The van der Waals surface area contributed by atoms with Crippen LogP contribution in [0.25, 0.3) is 11.6 Å². The predicted molar refractivity (Wildman–Crippen MR) is 83.7 cm³/mol. The Kier molecular flexibility index (Phi) is 3.21. The molecule has 0 aromatic carbocycles. The molecule has 7 heteroatoms. The highest BCUT2D eigenvalue weighted by molar-refractivity contribution is 6.11. The summed E-state index contributed by atoms with van der Waals surface area (Å²) in [4.78, 5) is 16.2. The zero-order valence-electron chi connectivity index (χ0n) is 13.0. The number of rotatable bonds is 2. The smallest absolute Gasteiger partial charge is 0.252 e. The van der Waals surface area contributed by atoms with Gasteiger partial charge in [-0.1, -0.05) is 6.92 Å². The van der Waals surface area contributed by atoms with E-state index in [1.165, 1.54) is 6.33 Å². The number of ether oxygens (including phenoxy) is 1. The van der Waals surface area contributed by atoms with Gasteiger partial charge in [-0.25, -0.2) is 9.50 Å². The van der Waals surface area contributed by atoms with Crippen LogP contribution in [-0.4, -0.2) is 38.3 Å². The summed E-state index contributed by atoms with van der Waals surface area (Å²) >= 11 is 0. The molecule has 2 aromatic rings. The number of nitrogens with one attached hydrogen (secondary N) is 1. The Labute approximate surface area is 133 Å². The van der Waals surface area contributed by atoms with Gasteiger partial charge in [-0.3, -0.25) is 4.79 Å². The number of hydrogen-bond donors (Lipinski definition) is 2. The zero-order chi connectivity index (χ0) is 16.1. The quantitative estimate of drug-likeness (QED) is 0.878. The van der Waals surface area contributed by atoms with Crippen molar-refractivity contribution in [1.29, 1.82) is 0 Å². The molecule has 1 amide bonds. The fraction of sp³-hybridized carbons (Fsp3) is 0.438. The first kappa shape index (κ1) is 14.3. The van der Waals surface area contributed by atoms with Crippen LogP contribution in [-0.2, 0) is 9.53 Å². The number of nitrogens with zero attached hydrogens (tertiary/aromatic N) is 3. The van der Waals surface area contributed by atoms with Gasteiger partial charge in [0.05, 0.1) is 18.4 Å². The van der Waals surface area contributed by atoms with E-state index in [4.69, 9.17) is 4.74 Å². The molecule has 2 aliphatic rings. The lowest BCUT2D eigenvalue weighted by atomic mass is 9.99. The Morgan fingerprint density at radius 1 is 1.52 bits per heavy atom. The fourth-order valence-electron chi connectivity index (χ4n) is 3.42. The first-order valence-corrected chi connectivity index (χ1v) is 7.71. The summed E-state index contributed by atoms with van der Waals surface area (Å²) in [5, 5.41) is 16.5. The van der Waals surface area contributed by atoms with Gasteiger partial charge in [-0.15, -0.1) is 0 Å². The summed E-state index contributed by atoms with van der Waals surface area (Å²) < 4.78 is 7.76. The minimum Gasteiger partial charge on any atom is -0.394 e. The fourth-order valence-corrected chi connectivity index (χ4v) is 3.42. The summed E-state index contributed by atoms with van der Waals surface area (Å²) in [5.74, 6) is 0.622. The molecule has 0 spiro atoms. The van der Waals surface area contributed by atoms with Gasteiger partial charge in [-0.2, -0.15) is 5.10 Å². The van der Waals surface area contributed by atoms with Crippen molar-refractivity contribution in [2.75, 3.05) is 11.9 Å². The molecular weight excluding hydrogens is 296 g/mol. The van der Waals surface area contributed by atoms with Gasteiger partial charge in [0, 0.05) is 11.1 Å². The van der Waals surface area contributed by atoms with Crippen molar-refractivity contribution in [2.45, 2.75) is 32.5 Å². The molecule has 0 saturated carbocycles. The van der Waals surface area contributed by atoms with Gasteiger partial charge in [0.15, 0.2) is 5.82 Å². The number of aromatic nitrogens is 3. The maximum atomic E-state index is 12.0. The monoisotopic (exact) mass is 314 g/mol. The molecule has 2 aliphatic heterocycles. The molecule has 0 radical (unpaired) electrons. The third-order valence-electron chi connectivity index (χ3n) is 4.56. The van der Waals surface area contributed by atoms with Gasteiger partial charge in [0.2, 0.25) is 0 Å². The molecular formula is C16H18N4O3. The van der Waals surface area contributed by atoms with E-state index in [1.807, 2.05) is 12.1 Å². The second kappa shape index (κ2) is 5.14. The van der Waals surface area contributed by atoms with Crippen LogP contribution in [0.4, 0.5) is 5.82 Å². The number of aliphatic hydroxyl groups excluding tert-OH is 1. The Hall–Kier alpha value is -2.25. The van der Waals surface area contributed by atoms with Crippen molar-refractivity contribution in [1.82, 2.24) is 14.6 Å². The molecule has 4 rings (SSSR count). The lowest BCUT2D eigenvalue weighted by molar-refractivity contribution is -0.112. The third kappa shape index (κ3) is 2.15. The van der Waals surface area contributed by atoms with E-state index in [0.29, 0.717) is 11.4 Å². The van der Waals surface area contributed by atoms with E-state index in [0.717, 1.165) is 23.2 Å². The van der Waals surface area contributed by atoms with Gasteiger partial charge >= 0.3 is 0 Å². The topological polar surface area (TPSA) is 88.8 Å². The SMILES string of the molecule is CC1=Cc2cc([C@@H]3O[C@H](CO)C[C@@H]3C)n3ncnc(c23)NC1=O. The highest BCUT2D eigenvalue weighted by Gasteiger charge is 2.36. The van der Waals surface area contributed by atoms with Gasteiger partial charge in [0.1, 0.15) is 17.9 Å². The lowest BCUT2D eigenvalue weighted by Gasteiger charge is -2.15. The summed E-state index contributed by atoms with van der Waals surface area (Å²) in [6.45, 7) is 3.90. The molecule has 4 heterocycles. The minimum absolute atomic E-state index is 0.0201. The van der Waals surface area contributed by atoms with Crippen molar-refractivity contribution in [3.63, 3.8) is 0 Å². The summed E-state index contributed by atoms with van der Waals surface area (Å²) in [6.07, 6.45) is 3.81. The van der Waals surface area contributed by atoms with Crippen molar-refractivity contribution in [3.05, 3.63) is 29.2 Å². The van der Waals surface area contributed by atoms with Crippen LogP contribution in [0.1, 0.15) is 37.6 Å². The largest absolute Gasteiger partial charge is 0.394 e. The van der Waals surface area contributed by atoms with Crippen LogP contribution in [0.15, 0.2) is 18.0 Å². The van der Waals surface area contributed by atoms with Crippen molar-refractivity contribution < 1.29 is 14.6 Å². The molecule has 0 unspecified atom stereocenters.